The first kappa shape index (κ1) is 9.00. The van der Waals surface area contributed by atoms with Crippen molar-refractivity contribution in [3.8, 4) is 0 Å². The predicted octanol–water partition coefficient (Wildman–Crippen LogP) is 2.69. The lowest BCUT2D eigenvalue weighted by molar-refractivity contribution is -0.107. The fourth-order valence-electron chi connectivity index (χ4n) is 1.74. The van der Waals surface area contributed by atoms with Crippen LogP contribution in [0.4, 0.5) is 0 Å². The summed E-state index contributed by atoms with van der Waals surface area (Å²) in [5, 5.41) is 1.28. The molecule has 0 saturated heterocycles. The van der Waals surface area contributed by atoms with Gasteiger partial charge in [0.15, 0.2) is 0 Å². The van der Waals surface area contributed by atoms with Gasteiger partial charge in [-0.1, -0.05) is 12.1 Å². The molecule has 0 aliphatic carbocycles. The van der Waals surface area contributed by atoms with Crippen molar-refractivity contribution in [2.45, 2.75) is 19.3 Å². The van der Waals surface area contributed by atoms with Crippen molar-refractivity contribution in [2.75, 3.05) is 0 Å². The summed E-state index contributed by atoms with van der Waals surface area (Å²) in [7, 11) is 0. The topological polar surface area (TPSA) is 32.9 Å². The van der Waals surface area contributed by atoms with Gasteiger partial charge < -0.3 is 9.78 Å². The largest absolute Gasteiger partial charge is 0.361 e. The first-order valence-corrected chi connectivity index (χ1v) is 4.90. The molecule has 2 rings (SSSR count). The Hall–Kier alpha value is -1.57. The Morgan fingerprint density at radius 2 is 2.21 bits per heavy atom. The Bertz CT molecular complexity index is 431. The van der Waals surface area contributed by atoms with Crippen molar-refractivity contribution in [2.24, 2.45) is 0 Å². The number of rotatable bonds is 4. The van der Waals surface area contributed by atoms with Crippen LogP contribution < -0.4 is 0 Å². The highest BCUT2D eigenvalue weighted by Crippen LogP contribution is 2.18. The number of aromatic nitrogens is 1. The number of carbonyl (C=O) groups excluding carboxylic acids is 1. The maximum Gasteiger partial charge on any atom is 0.120 e. The lowest BCUT2D eigenvalue weighted by atomic mass is 10.0. The summed E-state index contributed by atoms with van der Waals surface area (Å²) in [4.78, 5) is 13.4. The Kier molecular flexibility index (Phi) is 2.63. The second-order valence-corrected chi connectivity index (χ2v) is 3.41. The highest BCUT2D eigenvalue weighted by Gasteiger charge is 2.00. The van der Waals surface area contributed by atoms with Crippen LogP contribution in [-0.4, -0.2) is 11.3 Å². The second kappa shape index (κ2) is 4.09. The molecule has 1 aromatic heterocycles. The Labute approximate surface area is 82.9 Å². The molecule has 0 bridgehead atoms. The van der Waals surface area contributed by atoms with Crippen LogP contribution in [0.2, 0.25) is 0 Å². The molecule has 0 fully saturated rings. The number of aldehydes is 1. The normalized spacial score (nSPS) is 10.6. The van der Waals surface area contributed by atoms with Gasteiger partial charge in [-0.05, 0) is 30.5 Å². The molecular formula is C12H13NO. The van der Waals surface area contributed by atoms with E-state index in [0.717, 1.165) is 19.1 Å². The molecular weight excluding hydrogens is 174 g/mol. The van der Waals surface area contributed by atoms with Gasteiger partial charge in [0, 0.05) is 23.5 Å². The van der Waals surface area contributed by atoms with Crippen LogP contribution in [0.3, 0.4) is 0 Å². The molecule has 0 saturated carbocycles. The van der Waals surface area contributed by atoms with Gasteiger partial charge in [-0.25, -0.2) is 0 Å². The lowest BCUT2D eigenvalue weighted by Crippen LogP contribution is -1.86. The first-order valence-electron chi connectivity index (χ1n) is 4.90. The molecule has 0 radical (unpaired) electrons. The molecule has 0 aliphatic heterocycles. The Morgan fingerprint density at radius 3 is 3.07 bits per heavy atom. The molecule has 2 aromatic rings. The van der Waals surface area contributed by atoms with Crippen molar-refractivity contribution in [3.05, 3.63) is 36.0 Å². The van der Waals surface area contributed by atoms with E-state index in [0.29, 0.717) is 6.42 Å². The molecule has 2 heteroatoms. The Morgan fingerprint density at radius 1 is 1.29 bits per heavy atom. The van der Waals surface area contributed by atoms with Gasteiger partial charge in [0.1, 0.15) is 6.29 Å². The molecule has 0 aliphatic rings. The maximum atomic E-state index is 10.2. The van der Waals surface area contributed by atoms with Crippen LogP contribution >= 0.6 is 0 Å². The number of unbranched alkanes of at least 4 members (excludes halogenated alkanes) is 1. The molecule has 1 N–H and O–H groups in total. The van der Waals surface area contributed by atoms with Gasteiger partial charge in [0.25, 0.3) is 0 Å². The minimum absolute atomic E-state index is 0.654. The van der Waals surface area contributed by atoms with Crippen LogP contribution in [0.25, 0.3) is 10.9 Å². The summed E-state index contributed by atoms with van der Waals surface area (Å²) in [6.45, 7) is 0. The smallest absolute Gasteiger partial charge is 0.120 e. The van der Waals surface area contributed by atoms with Gasteiger partial charge in [0.05, 0.1) is 0 Å². The number of H-pyrrole nitrogens is 1. The molecule has 0 unspecified atom stereocenters. The predicted molar refractivity (Wildman–Crippen MR) is 57.3 cm³/mol. The standard InChI is InChI=1S/C12H13NO/c14-9-2-1-4-10-5-3-6-12-11(10)7-8-13-12/h3,5-9,13H,1-2,4H2. The number of hydrogen-bond donors (Lipinski definition) is 1. The number of fused-ring (bicyclic) bond motifs is 1. The molecule has 0 atom stereocenters. The van der Waals surface area contributed by atoms with E-state index in [2.05, 4.69) is 29.2 Å². The van der Waals surface area contributed by atoms with Crippen molar-refractivity contribution < 1.29 is 4.79 Å². The van der Waals surface area contributed by atoms with E-state index >= 15 is 0 Å². The van der Waals surface area contributed by atoms with Crippen molar-refractivity contribution in [1.82, 2.24) is 4.98 Å². The average molecular weight is 187 g/mol. The summed E-state index contributed by atoms with van der Waals surface area (Å²) in [5.74, 6) is 0. The van der Waals surface area contributed by atoms with E-state index in [1.165, 1.54) is 16.5 Å². The van der Waals surface area contributed by atoms with Gasteiger partial charge >= 0.3 is 0 Å². The van der Waals surface area contributed by atoms with Gasteiger partial charge in [0.2, 0.25) is 0 Å². The third-order valence-corrected chi connectivity index (χ3v) is 2.45. The zero-order valence-electron chi connectivity index (χ0n) is 7.99. The van der Waals surface area contributed by atoms with Gasteiger partial charge in [-0.3, -0.25) is 0 Å². The molecule has 72 valence electrons. The number of hydrogen-bond acceptors (Lipinski definition) is 1. The summed E-state index contributed by atoms with van der Waals surface area (Å²) >= 11 is 0. The zero-order chi connectivity index (χ0) is 9.80. The van der Waals surface area contributed by atoms with Crippen LogP contribution in [0.1, 0.15) is 18.4 Å². The summed E-state index contributed by atoms with van der Waals surface area (Å²) in [5.41, 5.74) is 2.50. The first-order chi connectivity index (χ1) is 6.92. The number of aryl methyl sites for hydroxylation is 1. The molecule has 2 nitrogen and oxygen atoms in total. The van der Waals surface area contributed by atoms with Gasteiger partial charge in [-0.15, -0.1) is 0 Å². The highest BCUT2D eigenvalue weighted by molar-refractivity contribution is 5.82. The molecule has 0 spiro atoms. The molecule has 1 heterocycles. The van der Waals surface area contributed by atoms with Crippen molar-refractivity contribution in [1.29, 1.82) is 0 Å². The fourth-order valence-corrected chi connectivity index (χ4v) is 1.74. The number of aromatic amines is 1. The van der Waals surface area contributed by atoms with Crippen LogP contribution in [-0.2, 0) is 11.2 Å². The van der Waals surface area contributed by atoms with Crippen LogP contribution in [0, 0.1) is 0 Å². The van der Waals surface area contributed by atoms with Gasteiger partial charge in [-0.2, -0.15) is 0 Å². The van der Waals surface area contributed by atoms with E-state index in [1.807, 2.05) is 6.20 Å². The molecule has 1 aromatic carbocycles. The Balaban J connectivity index is 2.23. The third-order valence-electron chi connectivity index (χ3n) is 2.45. The van der Waals surface area contributed by atoms with Crippen LogP contribution in [0.5, 0.6) is 0 Å². The number of nitrogens with one attached hydrogen (secondary N) is 1. The average Bonchev–Trinajstić information content (AvgIpc) is 2.67. The second-order valence-electron chi connectivity index (χ2n) is 3.41. The zero-order valence-corrected chi connectivity index (χ0v) is 7.99. The maximum absolute atomic E-state index is 10.2. The van der Waals surface area contributed by atoms with E-state index < -0.39 is 0 Å². The van der Waals surface area contributed by atoms with E-state index in [1.54, 1.807) is 0 Å². The van der Waals surface area contributed by atoms with Crippen molar-refractivity contribution >= 4 is 17.2 Å². The summed E-state index contributed by atoms with van der Waals surface area (Å²) in [6, 6.07) is 8.33. The van der Waals surface area contributed by atoms with E-state index in [-0.39, 0.29) is 0 Å². The van der Waals surface area contributed by atoms with E-state index in [9.17, 15) is 4.79 Å². The quantitative estimate of drug-likeness (QED) is 0.579. The summed E-state index contributed by atoms with van der Waals surface area (Å²) in [6.07, 6.45) is 5.51. The number of benzene rings is 1. The highest BCUT2D eigenvalue weighted by atomic mass is 16.1. The molecule has 0 amide bonds. The minimum Gasteiger partial charge on any atom is -0.361 e. The van der Waals surface area contributed by atoms with E-state index in [4.69, 9.17) is 0 Å². The number of carbonyl (C=O) groups is 1. The monoisotopic (exact) mass is 187 g/mol. The lowest BCUT2D eigenvalue weighted by Gasteiger charge is -2.00. The SMILES string of the molecule is O=CCCCc1cccc2[nH]ccc12. The van der Waals surface area contributed by atoms with Crippen molar-refractivity contribution in [3.63, 3.8) is 0 Å². The summed E-state index contributed by atoms with van der Waals surface area (Å²) < 4.78 is 0. The third kappa shape index (κ3) is 1.69. The molecule has 14 heavy (non-hydrogen) atoms. The van der Waals surface area contributed by atoms with Crippen LogP contribution in [0.15, 0.2) is 30.5 Å². The fraction of sp³-hybridized carbons (Fsp3) is 0.250. The minimum atomic E-state index is 0.654.